The molecule has 0 radical (unpaired) electrons. The fourth-order valence-corrected chi connectivity index (χ4v) is 5.99. The van der Waals surface area contributed by atoms with E-state index in [-0.39, 0.29) is 11.1 Å². The second-order valence-electron chi connectivity index (χ2n) is 11.3. The minimum atomic E-state index is -2.79. The van der Waals surface area contributed by atoms with Gasteiger partial charge in [-0.1, -0.05) is 12.2 Å². The molecule has 0 aromatic heterocycles. The Morgan fingerprint density at radius 3 is 2.23 bits per heavy atom. The van der Waals surface area contributed by atoms with Gasteiger partial charge in [-0.25, -0.2) is 22.4 Å². The smallest absolute Gasteiger partial charge is 0.335 e. The number of carboxylic acids is 2. The molecule has 1 aromatic rings. The third-order valence-corrected chi connectivity index (χ3v) is 8.13. The van der Waals surface area contributed by atoms with E-state index in [1.54, 1.807) is 35.3 Å². The molecule has 5 aliphatic rings. The van der Waals surface area contributed by atoms with E-state index in [2.05, 4.69) is 6.08 Å². The van der Waals surface area contributed by atoms with Crippen molar-refractivity contribution in [2.75, 3.05) is 31.1 Å². The first-order valence-electron chi connectivity index (χ1n) is 12.7. The Morgan fingerprint density at radius 1 is 0.975 bits per heavy atom. The molecule has 2 saturated heterocycles. The van der Waals surface area contributed by atoms with Crippen molar-refractivity contribution in [1.29, 1.82) is 0 Å². The Bertz CT molecular complexity index is 1540. The number of allylic oxidation sites excluding steroid dienone is 7. The lowest BCUT2D eigenvalue weighted by Gasteiger charge is -2.42. The number of halogens is 4. The fourth-order valence-electron chi connectivity index (χ4n) is 5.99. The number of anilines is 1. The molecule has 0 spiro atoms. The first-order valence-corrected chi connectivity index (χ1v) is 12.7. The van der Waals surface area contributed by atoms with E-state index in [1.165, 1.54) is 23.1 Å². The molecule has 10 heteroatoms. The van der Waals surface area contributed by atoms with Crippen LogP contribution in [0.25, 0.3) is 5.57 Å². The van der Waals surface area contributed by atoms with E-state index in [4.69, 9.17) is 0 Å². The first-order chi connectivity index (χ1) is 18.7. The van der Waals surface area contributed by atoms with Gasteiger partial charge in [0.25, 0.3) is 11.8 Å². The molecular weight excluding hydrogens is 528 g/mol. The topological polar surface area (TPSA) is 81.1 Å². The number of carboxylic acid groups (broad SMARTS) is 2. The molecule has 0 saturated carbocycles. The molecule has 0 bridgehead atoms. The lowest BCUT2D eigenvalue weighted by atomic mass is 9.64. The second kappa shape index (κ2) is 8.41. The van der Waals surface area contributed by atoms with E-state index in [0.29, 0.717) is 33.7 Å². The van der Waals surface area contributed by atoms with Gasteiger partial charge in [0.05, 0.1) is 60.5 Å². The molecule has 2 heterocycles. The second-order valence-corrected chi connectivity index (χ2v) is 11.3. The van der Waals surface area contributed by atoms with Crippen LogP contribution in [0.2, 0.25) is 0 Å². The van der Waals surface area contributed by atoms with Crippen molar-refractivity contribution in [3.63, 3.8) is 0 Å². The minimum Gasteiger partial charge on any atom is -0.481 e. The number of hydrogen-bond acceptors (Lipinski definition) is 4. The van der Waals surface area contributed by atoms with Crippen molar-refractivity contribution in [2.24, 2.45) is 5.92 Å². The number of fused-ring (bicyclic) bond motifs is 1. The molecule has 206 valence electrons. The molecule has 2 aliphatic heterocycles. The third-order valence-electron chi connectivity index (χ3n) is 8.13. The fraction of sp³-hybridized carbons (Fsp3) is 0.333. The summed E-state index contributed by atoms with van der Waals surface area (Å²) in [5, 5.41) is 19.7. The number of hydrogen-bond donors (Lipinski definition) is 2. The maximum Gasteiger partial charge on any atom is 0.335 e. The SMILES string of the molecule is CC1(C)C2=C([C+]=CC(N3CC(F)(F)C3)=C2)C(=C2C=C(C(=O)O)C=CC2C(=O)O)c2ccc(N3CC(F)(F)C3)cc21. The molecule has 3 aliphatic carbocycles. The van der Waals surface area contributed by atoms with Gasteiger partial charge >= 0.3 is 11.9 Å². The molecule has 40 heavy (non-hydrogen) atoms. The summed E-state index contributed by atoms with van der Waals surface area (Å²) in [5.41, 5.74) is 3.54. The molecule has 0 amide bonds. The Hall–Kier alpha value is -4.17. The number of aliphatic carboxylic acids is 2. The standard InChI is InChI=1S/C30H24F4N2O4/c1-28(2)23-10-17(35-12-29(31,32)13-35)4-7-20(23)25(22-9-16(26(37)38)3-6-19(22)27(39)40)21-8-5-18(11-24(21)28)36-14-30(33,34)15-36/h3-7,9-11,19H,12-15H2,1-2H3,(H-,37,38,39,40)/p+1. The molecule has 1 aromatic carbocycles. The van der Waals surface area contributed by atoms with Crippen LogP contribution in [0.15, 0.2) is 76.6 Å². The highest BCUT2D eigenvalue weighted by Gasteiger charge is 2.50. The summed E-state index contributed by atoms with van der Waals surface area (Å²) >= 11 is 0. The summed E-state index contributed by atoms with van der Waals surface area (Å²) in [6.07, 6.45) is 10.5. The van der Waals surface area contributed by atoms with E-state index < -0.39 is 61.3 Å². The molecule has 2 N–H and O–H groups in total. The van der Waals surface area contributed by atoms with Crippen molar-refractivity contribution in [3.05, 3.63) is 93.8 Å². The minimum absolute atomic E-state index is 0.0909. The van der Waals surface area contributed by atoms with Crippen molar-refractivity contribution in [1.82, 2.24) is 4.90 Å². The Kier molecular flexibility index (Phi) is 5.48. The van der Waals surface area contributed by atoms with Gasteiger partial charge < -0.3 is 20.0 Å². The monoisotopic (exact) mass is 553 g/mol. The molecule has 6 nitrogen and oxygen atoms in total. The molecule has 1 unspecified atom stereocenters. The van der Waals surface area contributed by atoms with E-state index in [1.807, 2.05) is 13.8 Å². The third kappa shape index (κ3) is 4.05. The number of rotatable bonds is 4. The van der Waals surface area contributed by atoms with Crippen molar-refractivity contribution >= 4 is 23.2 Å². The highest BCUT2D eigenvalue weighted by Crippen LogP contribution is 2.52. The van der Waals surface area contributed by atoms with Crippen LogP contribution in [0.1, 0.15) is 25.0 Å². The van der Waals surface area contributed by atoms with Gasteiger partial charge in [-0.3, -0.25) is 4.79 Å². The molecule has 6 rings (SSSR count). The number of benzene rings is 1. The summed E-state index contributed by atoms with van der Waals surface area (Å²) in [6, 6.07) is 5.24. The van der Waals surface area contributed by atoms with Gasteiger partial charge in [-0.2, -0.15) is 0 Å². The first kappa shape index (κ1) is 26.1. The van der Waals surface area contributed by atoms with E-state index >= 15 is 0 Å². The lowest BCUT2D eigenvalue weighted by Crippen LogP contribution is -2.56. The highest BCUT2D eigenvalue weighted by molar-refractivity contribution is 5.99. The van der Waals surface area contributed by atoms with Gasteiger partial charge in [0.15, 0.2) is 5.57 Å². The van der Waals surface area contributed by atoms with Crippen LogP contribution in [0.4, 0.5) is 23.2 Å². The predicted molar refractivity (Wildman–Crippen MR) is 139 cm³/mol. The van der Waals surface area contributed by atoms with E-state index in [0.717, 1.165) is 5.56 Å². The van der Waals surface area contributed by atoms with Crippen molar-refractivity contribution in [3.8, 4) is 0 Å². The highest BCUT2D eigenvalue weighted by atomic mass is 19.3. The average molecular weight is 554 g/mol. The quantitative estimate of drug-likeness (QED) is 0.405. The maximum atomic E-state index is 13.7. The van der Waals surface area contributed by atoms with Crippen LogP contribution in [-0.4, -0.2) is 65.1 Å². The maximum absolute atomic E-state index is 13.7. The van der Waals surface area contributed by atoms with Crippen LogP contribution < -0.4 is 4.90 Å². The summed E-state index contributed by atoms with van der Waals surface area (Å²) in [6.45, 7) is 2.14. The molecule has 1 atom stereocenters. The molecular formula is C30H25F4N2O4+. The van der Waals surface area contributed by atoms with Crippen molar-refractivity contribution in [2.45, 2.75) is 31.1 Å². The van der Waals surface area contributed by atoms with Crippen LogP contribution >= 0.6 is 0 Å². The normalized spacial score (nSPS) is 27.0. The van der Waals surface area contributed by atoms with Crippen LogP contribution in [0, 0.1) is 12.0 Å². The van der Waals surface area contributed by atoms with Gasteiger partial charge in [-0.15, -0.1) is 0 Å². The van der Waals surface area contributed by atoms with Gasteiger partial charge in [0, 0.05) is 22.9 Å². The number of likely N-dealkylation sites (tertiary alicyclic amines) is 1. The van der Waals surface area contributed by atoms with Gasteiger partial charge in [-0.05, 0) is 43.7 Å². The Balaban J connectivity index is 1.58. The van der Waals surface area contributed by atoms with Crippen LogP contribution in [-0.2, 0) is 15.0 Å². The van der Waals surface area contributed by atoms with Crippen LogP contribution in [0.5, 0.6) is 0 Å². The summed E-state index contributed by atoms with van der Waals surface area (Å²) in [5.74, 6) is -9.13. The summed E-state index contributed by atoms with van der Waals surface area (Å²) in [7, 11) is 0. The van der Waals surface area contributed by atoms with Gasteiger partial charge in [0.2, 0.25) is 0 Å². The zero-order chi connectivity index (χ0) is 28.8. The Labute approximate surface area is 227 Å². The largest absolute Gasteiger partial charge is 0.481 e. The van der Waals surface area contributed by atoms with E-state index in [9.17, 15) is 37.4 Å². The zero-order valence-electron chi connectivity index (χ0n) is 21.6. The molecule has 2 fully saturated rings. The number of alkyl halides is 4. The average Bonchev–Trinajstić information content (AvgIpc) is 2.85. The van der Waals surface area contributed by atoms with Crippen LogP contribution in [0.3, 0.4) is 0 Å². The number of carbonyl (C=O) groups is 2. The predicted octanol–water partition coefficient (Wildman–Crippen LogP) is 4.97. The number of nitrogens with zero attached hydrogens (tertiary/aromatic N) is 2. The zero-order valence-corrected chi connectivity index (χ0v) is 21.6. The summed E-state index contributed by atoms with van der Waals surface area (Å²) in [4.78, 5) is 27.2. The van der Waals surface area contributed by atoms with Crippen molar-refractivity contribution < 1.29 is 37.4 Å². The van der Waals surface area contributed by atoms with Gasteiger partial charge in [0.1, 0.15) is 11.6 Å². The lowest BCUT2D eigenvalue weighted by molar-refractivity contribution is -0.139. The Morgan fingerprint density at radius 2 is 1.62 bits per heavy atom. The summed E-state index contributed by atoms with van der Waals surface area (Å²) < 4.78 is 54.7.